The van der Waals surface area contributed by atoms with E-state index in [2.05, 4.69) is 11.8 Å². The maximum Gasteiger partial charge on any atom is 0.233 e. The Balaban J connectivity index is 1.64. The Hall–Kier alpha value is -1.47. The molecule has 0 bridgehead atoms. The zero-order valence-electron chi connectivity index (χ0n) is 15.0. The van der Waals surface area contributed by atoms with Crippen LogP contribution in [-0.4, -0.2) is 67.3 Å². The Morgan fingerprint density at radius 1 is 1.19 bits per heavy atom. The van der Waals surface area contributed by atoms with Crippen LogP contribution in [0.4, 0.5) is 4.39 Å². The number of rotatable bonds is 4. The van der Waals surface area contributed by atoms with Crippen LogP contribution in [0.2, 0.25) is 0 Å². The number of hydrogen-bond acceptors (Lipinski definition) is 4. The first-order valence-corrected chi connectivity index (χ1v) is 11.2. The first-order chi connectivity index (χ1) is 12.4. The van der Waals surface area contributed by atoms with Crippen molar-refractivity contribution in [3.8, 4) is 0 Å². The van der Waals surface area contributed by atoms with E-state index in [1.165, 1.54) is 6.07 Å². The predicted molar refractivity (Wildman–Crippen MR) is 97.1 cm³/mol. The summed E-state index contributed by atoms with van der Waals surface area (Å²) in [7, 11) is -3.15. The molecule has 4 rings (SSSR count). The van der Waals surface area contributed by atoms with E-state index in [-0.39, 0.29) is 35.3 Å². The van der Waals surface area contributed by atoms with Gasteiger partial charge in [0, 0.05) is 24.7 Å². The molecule has 1 aromatic carbocycles. The average molecular weight is 380 g/mol. The van der Waals surface area contributed by atoms with Crippen LogP contribution in [0.1, 0.15) is 31.7 Å². The summed E-state index contributed by atoms with van der Waals surface area (Å²) in [6, 6.07) is 6.03. The third kappa shape index (κ3) is 2.85. The van der Waals surface area contributed by atoms with Crippen LogP contribution >= 0.6 is 0 Å². The number of sulfone groups is 1. The number of hydrogen-bond donors (Lipinski definition) is 0. The smallest absolute Gasteiger partial charge is 0.233 e. The summed E-state index contributed by atoms with van der Waals surface area (Å²) in [5.74, 6) is -0.296. The molecule has 26 heavy (non-hydrogen) atoms. The van der Waals surface area contributed by atoms with E-state index in [9.17, 15) is 17.6 Å². The van der Waals surface area contributed by atoms with Crippen LogP contribution in [0.5, 0.6) is 0 Å². The lowest BCUT2D eigenvalue weighted by Crippen LogP contribution is -2.62. The van der Waals surface area contributed by atoms with Crippen molar-refractivity contribution in [2.24, 2.45) is 0 Å². The minimum absolute atomic E-state index is 0.0248. The molecule has 5 nitrogen and oxygen atoms in total. The highest BCUT2D eigenvalue weighted by molar-refractivity contribution is 7.91. The highest BCUT2D eigenvalue weighted by Gasteiger charge is 2.58. The van der Waals surface area contributed by atoms with Crippen LogP contribution in [0.3, 0.4) is 0 Å². The lowest BCUT2D eigenvalue weighted by atomic mass is 9.91. The van der Waals surface area contributed by atoms with Gasteiger partial charge in [0.15, 0.2) is 9.84 Å². The molecule has 0 spiro atoms. The number of halogens is 1. The van der Waals surface area contributed by atoms with Gasteiger partial charge in [-0.2, -0.15) is 0 Å². The second-order valence-corrected chi connectivity index (χ2v) is 9.96. The molecule has 1 aromatic rings. The van der Waals surface area contributed by atoms with Crippen molar-refractivity contribution in [2.75, 3.05) is 31.1 Å². The van der Waals surface area contributed by atoms with Gasteiger partial charge in [0.05, 0.1) is 23.0 Å². The van der Waals surface area contributed by atoms with E-state index in [0.29, 0.717) is 31.5 Å². The second-order valence-electron chi connectivity index (χ2n) is 7.81. The highest BCUT2D eigenvalue weighted by atomic mass is 32.2. The van der Waals surface area contributed by atoms with E-state index in [4.69, 9.17) is 0 Å². The molecule has 0 radical (unpaired) electrons. The number of fused-ring (bicyclic) bond motifs is 1. The maximum atomic E-state index is 14.3. The van der Waals surface area contributed by atoms with Crippen molar-refractivity contribution in [1.29, 1.82) is 0 Å². The summed E-state index contributed by atoms with van der Waals surface area (Å²) >= 11 is 0. The van der Waals surface area contributed by atoms with Crippen LogP contribution in [-0.2, 0) is 20.0 Å². The summed E-state index contributed by atoms with van der Waals surface area (Å²) in [6.07, 6.45) is 2.22. The molecule has 0 unspecified atom stereocenters. The van der Waals surface area contributed by atoms with E-state index in [1.54, 1.807) is 23.1 Å². The zero-order valence-corrected chi connectivity index (χ0v) is 15.8. The Bertz CT molecular complexity index is 822. The number of carbonyl (C=O) groups is 1. The molecule has 3 fully saturated rings. The number of piperazine rings is 1. The van der Waals surface area contributed by atoms with Gasteiger partial charge in [0.2, 0.25) is 5.91 Å². The zero-order chi connectivity index (χ0) is 18.5. The normalized spacial score (nSPS) is 29.4. The summed E-state index contributed by atoms with van der Waals surface area (Å²) in [5.41, 5.74) is -0.340. The number of amides is 1. The molecule has 2 saturated heterocycles. The molecule has 1 aliphatic carbocycles. The number of benzene rings is 1. The Morgan fingerprint density at radius 3 is 2.54 bits per heavy atom. The van der Waals surface area contributed by atoms with Crippen molar-refractivity contribution in [3.63, 3.8) is 0 Å². The van der Waals surface area contributed by atoms with Crippen molar-refractivity contribution < 1.29 is 17.6 Å². The number of nitrogens with zero attached hydrogens (tertiary/aromatic N) is 2. The Labute approximate surface area is 154 Å². The van der Waals surface area contributed by atoms with Gasteiger partial charge in [0.1, 0.15) is 5.82 Å². The molecular formula is C19H25FN2O3S. The van der Waals surface area contributed by atoms with Crippen molar-refractivity contribution in [2.45, 2.75) is 43.7 Å². The van der Waals surface area contributed by atoms with E-state index in [0.717, 1.165) is 13.0 Å². The predicted octanol–water partition coefficient (Wildman–Crippen LogP) is 1.58. The topological polar surface area (TPSA) is 57.7 Å². The van der Waals surface area contributed by atoms with Gasteiger partial charge < -0.3 is 4.90 Å². The van der Waals surface area contributed by atoms with E-state index in [1.807, 2.05) is 0 Å². The van der Waals surface area contributed by atoms with Crippen molar-refractivity contribution >= 4 is 15.7 Å². The van der Waals surface area contributed by atoms with Crippen LogP contribution in [0, 0.1) is 5.82 Å². The molecule has 3 aliphatic rings. The van der Waals surface area contributed by atoms with E-state index < -0.39 is 15.3 Å². The quantitative estimate of drug-likeness (QED) is 0.796. The summed E-state index contributed by atoms with van der Waals surface area (Å²) < 4.78 is 38.9. The second kappa shape index (κ2) is 6.30. The molecule has 0 N–H and O–H groups in total. The lowest BCUT2D eigenvalue weighted by Gasteiger charge is -2.45. The van der Waals surface area contributed by atoms with Gasteiger partial charge in [0.25, 0.3) is 0 Å². The van der Waals surface area contributed by atoms with Gasteiger partial charge in [-0.15, -0.1) is 0 Å². The Kier molecular flexibility index (Phi) is 4.34. The molecule has 0 aromatic heterocycles. The molecule has 2 aliphatic heterocycles. The molecule has 1 saturated carbocycles. The van der Waals surface area contributed by atoms with Gasteiger partial charge >= 0.3 is 0 Å². The van der Waals surface area contributed by atoms with Gasteiger partial charge in [-0.3, -0.25) is 9.69 Å². The van der Waals surface area contributed by atoms with Crippen molar-refractivity contribution in [3.05, 3.63) is 35.6 Å². The molecule has 142 valence electrons. The first kappa shape index (κ1) is 17.9. The Morgan fingerprint density at radius 2 is 1.88 bits per heavy atom. The molecular weight excluding hydrogens is 355 g/mol. The molecule has 7 heteroatoms. The third-order valence-corrected chi connectivity index (χ3v) is 7.81. The van der Waals surface area contributed by atoms with Gasteiger partial charge in [-0.1, -0.05) is 25.1 Å². The fraction of sp³-hybridized carbons (Fsp3) is 0.632. The van der Waals surface area contributed by atoms with E-state index >= 15 is 0 Å². The van der Waals surface area contributed by atoms with Crippen LogP contribution in [0.25, 0.3) is 0 Å². The van der Waals surface area contributed by atoms with Gasteiger partial charge in [-0.05, 0) is 31.9 Å². The largest absolute Gasteiger partial charge is 0.335 e. The molecule has 1 amide bonds. The highest BCUT2D eigenvalue weighted by Crippen LogP contribution is 2.51. The van der Waals surface area contributed by atoms with Crippen molar-refractivity contribution in [1.82, 2.24) is 9.80 Å². The SMILES string of the molecule is CCCN1CCN(C(=O)C2(c3ccccc3F)CC2)[C@@H]2CS(=O)(=O)C[C@@H]21. The number of carbonyl (C=O) groups excluding carboxylic acids is 1. The van der Waals surface area contributed by atoms with Gasteiger partial charge in [-0.25, -0.2) is 12.8 Å². The minimum Gasteiger partial charge on any atom is -0.335 e. The molecule has 2 atom stereocenters. The maximum absolute atomic E-state index is 14.3. The molecule has 2 heterocycles. The fourth-order valence-electron chi connectivity index (χ4n) is 4.69. The average Bonchev–Trinajstić information content (AvgIpc) is 3.32. The monoisotopic (exact) mass is 380 g/mol. The standard InChI is InChI=1S/C19H25FN2O3S/c1-2-9-21-10-11-22(17-13-26(24,25)12-16(17)21)18(23)19(7-8-19)14-5-3-4-6-15(14)20/h3-6,16-17H,2,7-13H2,1H3/t16-,17+/m0/s1. The summed E-state index contributed by atoms with van der Waals surface area (Å²) in [5, 5.41) is 0. The van der Waals surface area contributed by atoms with Crippen LogP contribution in [0.15, 0.2) is 24.3 Å². The summed E-state index contributed by atoms with van der Waals surface area (Å²) in [6.45, 7) is 4.12. The van der Waals surface area contributed by atoms with Crippen LogP contribution < -0.4 is 0 Å². The third-order valence-electron chi connectivity index (χ3n) is 6.11. The first-order valence-electron chi connectivity index (χ1n) is 9.38. The minimum atomic E-state index is -3.15. The fourth-order valence-corrected chi connectivity index (χ4v) is 6.70. The lowest BCUT2D eigenvalue weighted by molar-refractivity contribution is -0.139. The summed E-state index contributed by atoms with van der Waals surface area (Å²) in [4.78, 5) is 17.4.